The largest absolute Gasteiger partial charge is 0.396 e. The molecule has 7 nitrogen and oxygen atoms in total. The van der Waals surface area contributed by atoms with Crippen molar-refractivity contribution in [1.82, 2.24) is 9.55 Å². The van der Waals surface area contributed by atoms with Gasteiger partial charge in [-0.1, -0.05) is 6.07 Å². The first-order valence-electron chi connectivity index (χ1n) is 6.09. The van der Waals surface area contributed by atoms with Gasteiger partial charge in [-0.3, -0.25) is 0 Å². The molecule has 0 fully saturated rings. The molecule has 2 aromatic rings. The standard InChI is InChI=1S/C12H17N5O2S/c13-12-10(3-1-4-11(12)20(14,18)19)16-5-2-7-17-8-6-15-9-17/h1,3-4,6,8-9,16H,2,5,7,13H2,(H2,14,18,19). The van der Waals surface area contributed by atoms with Crippen molar-refractivity contribution >= 4 is 21.4 Å². The molecule has 0 atom stereocenters. The van der Waals surface area contributed by atoms with Gasteiger partial charge in [0.25, 0.3) is 0 Å². The summed E-state index contributed by atoms with van der Waals surface area (Å²) >= 11 is 0. The summed E-state index contributed by atoms with van der Waals surface area (Å²) < 4.78 is 24.7. The molecule has 0 radical (unpaired) electrons. The number of nitrogens with two attached hydrogens (primary N) is 2. The van der Waals surface area contributed by atoms with Gasteiger partial charge >= 0.3 is 0 Å². The highest BCUT2D eigenvalue weighted by Crippen LogP contribution is 2.25. The van der Waals surface area contributed by atoms with Crippen LogP contribution in [0, 0.1) is 0 Å². The maximum atomic E-state index is 11.4. The molecule has 108 valence electrons. The third-order valence-corrected chi connectivity index (χ3v) is 3.81. The Morgan fingerprint density at radius 3 is 2.80 bits per heavy atom. The van der Waals surface area contributed by atoms with Crippen LogP contribution < -0.4 is 16.2 Å². The zero-order chi connectivity index (χ0) is 14.6. The summed E-state index contributed by atoms with van der Waals surface area (Å²) in [5.41, 5.74) is 6.53. The SMILES string of the molecule is Nc1c(NCCCn2ccnc2)cccc1S(N)(=O)=O. The van der Waals surface area contributed by atoms with E-state index >= 15 is 0 Å². The van der Waals surface area contributed by atoms with Crippen LogP contribution in [-0.2, 0) is 16.6 Å². The number of hydrogen-bond donors (Lipinski definition) is 3. The molecule has 1 aromatic heterocycles. The molecule has 0 unspecified atom stereocenters. The number of aryl methyl sites for hydroxylation is 1. The number of nitrogens with zero attached hydrogens (tertiary/aromatic N) is 2. The Hall–Kier alpha value is -2.06. The minimum Gasteiger partial charge on any atom is -0.396 e. The third-order valence-electron chi connectivity index (χ3n) is 2.84. The zero-order valence-corrected chi connectivity index (χ0v) is 11.7. The Balaban J connectivity index is 1.96. The molecule has 0 saturated carbocycles. The average molecular weight is 295 g/mol. The van der Waals surface area contributed by atoms with E-state index < -0.39 is 10.0 Å². The van der Waals surface area contributed by atoms with Crippen molar-refractivity contribution in [3.63, 3.8) is 0 Å². The fourth-order valence-corrected chi connectivity index (χ4v) is 2.53. The molecule has 0 saturated heterocycles. The lowest BCUT2D eigenvalue weighted by molar-refractivity contribution is 0.598. The molecule has 2 rings (SSSR count). The number of sulfonamides is 1. The van der Waals surface area contributed by atoms with E-state index in [9.17, 15) is 8.42 Å². The van der Waals surface area contributed by atoms with Crippen molar-refractivity contribution in [1.29, 1.82) is 0 Å². The van der Waals surface area contributed by atoms with Gasteiger partial charge in [0.1, 0.15) is 4.90 Å². The molecule has 0 spiro atoms. The predicted molar refractivity (Wildman–Crippen MR) is 77.6 cm³/mol. The van der Waals surface area contributed by atoms with E-state index in [0.717, 1.165) is 13.0 Å². The van der Waals surface area contributed by atoms with Gasteiger partial charge < -0.3 is 15.6 Å². The molecule has 8 heteroatoms. The highest BCUT2D eigenvalue weighted by molar-refractivity contribution is 7.89. The van der Waals surface area contributed by atoms with Crippen LogP contribution in [0.2, 0.25) is 0 Å². The Bertz CT molecular complexity index is 667. The van der Waals surface area contributed by atoms with Crippen molar-refractivity contribution in [3.05, 3.63) is 36.9 Å². The van der Waals surface area contributed by atoms with Gasteiger partial charge in [-0.15, -0.1) is 0 Å². The van der Waals surface area contributed by atoms with E-state index in [0.29, 0.717) is 12.2 Å². The van der Waals surface area contributed by atoms with Crippen LogP contribution in [0.25, 0.3) is 0 Å². The summed E-state index contributed by atoms with van der Waals surface area (Å²) in [5, 5.41) is 8.21. The normalized spacial score (nSPS) is 11.4. The van der Waals surface area contributed by atoms with Crippen LogP contribution >= 0.6 is 0 Å². The number of nitrogens with one attached hydrogen (secondary N) is 1. The van der Waals surface area contributed by atoms with Crippen molar-refractivity contribution in [2.75, 3.05) is 17.6 Å². The van der Waals surface area contributed by atoms with Crippen LogP contribution in [0.5, 0.6) is 0 Å². The minimum absolute atomic E-state index is 0.0582. The number of para-hydroxylation sites is 1. The number of rotatable bonds is 6. The number of benzene rings is 1. The molecule has 1 aromatic carbocycles. The van der Waals surface area contributed by atoms with E-state index in [2.05, 4.69) is 10.3 Å². The van der Waals surface area contributed by atoms with Gasteiger partial charge in [0.05, 0.1) is 17.7 Å². The van der Waals surface area contributed by atoms with Gasteiger partial charge in [0, 0.05) is 25.5 Å². The molecule has 5 N–H and O–H groups in total. The highest BCUT2D eigenvalue weighted by atomic mass is 32.2. The zero-order valence-electron chi connectivity index (χ0n) is 10.9. The quantitative estimate of drug-likeness (QED) is 0.533. The Labute approximate surface area is 117 Å². The van der Waals surface area contributed by atoms with E-state index in [1.165, 1.54) is 6.07 Å². The lowest BCUT2D eigenvalue weighted by Gasteiger charge is -2.12. The van der Waals surface area contributed by atoms with Crippen LogP contribution in [0.4, 0.5) is 11.4 Å². The first-order valence-corrected chi connectivity index (χ1v) is 7.64. The highest BCUT2D eigenvalue weighted by Gasteiger charge is 2.14. The monoisotopic (exact) mass is 295 g/mol. The van der Waals surface area contributed by atoms with Crippen LogP contribution in [-0.4, -0.2) is 24.5 Å². The van der Waals surface area contributed by atoms with Gasteiger partial charge in [-0.25, -0.2) is 18.5 Å². The first kappa shape index (κ1) is 14.4. The molecule has 20 heavy (non-hydrogen) atoms. The number of nitrogen functional groups attached to an aromatic ring is 1. The fourth-order valence-electron chi connectivity index (χ4n) is 1.85. The van der Waals surface area contributed by atoms with Gasteiger partial charge in [-0.2, -0.15) is 0 Å². The molecular weight excluding hydrogens is 278 g/mol. The average Bonchev–Trinajstić information content (AvgIpc) is 2.88. The minimum atomic E-state index is -3.80. The van der Waals surface area contributed by atoms with E-state index in [1.54, 1.807) is 24.7 Å². The number of aromatic nitrogens is 2. The second kappa shape index (κ2) is 5.93. The van der Waals surface area contributed by atoms with Gasteiger partial charge in [0.15, 0.2) is 0 Å². The first-order chi connectivity index (χ1) is 9.48. The third kappa shape index (κ3) is 3.49. The smallest absolute Gasteiger partial charge is 0.240 e. The lowest BCUT2D eigenvalue weighted by atomic mass is 10.2. The number of imidazole rings is 1. The summed E-state index contributed by atoms with van der Waals surface area (Å²) in [5.74, 6) is 0. The van der Waals surface area contributed by atoms with Crippen molar-refractivity contribution in [2.45, 2.75) is 17.9 Å². The Morgan fingerprint density at radius 1 is 1.35 bits per heavy atom. The summed E-state index contributed by atoms with van der Waals surface area (Å²) in [6.07, 6.45) is 6.21. The second-order valence-electron chi connectivity index (χ2n) is 4.34. The molecule has 1 heterocycles. The Kier molecular flexibility index (Phi) is 4.26. The number of hydrogen-bond acceptors (Lipinski definition) is 5. The van der Waals surface area contributed by atoms with Crippen LogP contribution in [0.1, 0.15) is 6.42 Å². The van der Waals surface area contributed by atoms with Gasteiger partial charge in [0.2, 0.25) is 10.0 Å². The summed E-state index contributed by atoms with van der Waals surface area (Å²) in [6, 6.07) is 4.72. The number of anilines is 2. The van der Waals surface area contributed by atoms with E-state index in [-0.39, 0.29) is 10.6 Å². The van der Waals surface area contributed by atoms with Crippen molar-refractivity contribution < 1.29 is 8.42 Å². The maximum absolute atomic E-state index is 11.4. The molecule has 0 amide bonds. The van der Waals surface area contributed by atoms with Crippen LogP contribution in [0.3, 0.4) is 0 Å². The topological polar surface area (TPSA) is 116 Å². The van der Waals surface area contributed by atoms with Crippen molar-refractivity contribution in [3.8, 4) is 0 Å². The maximum Gasteiger partial charge on any atom is 0.240 e. The second-order valence-corrected chi connectivity index (χ2v) is 5.87. The molecular formula is C12H17N5O2S. The molecule has 0 aliphatic carbocycles. The Morgan fingerprint density at radius 2 is 2.15 bits per heavy atom. The van der Waals surface area contributed by atoms with Crippen LogP contribution in [0.15, 0.2) is 41.8 Å². The van der Waals surface area contributed by atoms with E-state index in [1.807, 2.05) is 10.8 Å². The molecule has 0 aliphatic heterocycles. The summed E-state index contributed by atoms with van der Waals surface area (Å²) in [6.45, 7) is 1.48. The lowest BCUT2D eigenvalue weighted by Crippen LogP contribution is -2.16. The summed E-state index contributed by atoms with van der Waals surface area (Å²) in [7, 11) is -3.80. The number of primary sulfonamides is 1. The fraction of sp³-hybridized carbons (Fsp3) is 0.250. The summed E-state index contributed by atoms with van der Waals surface area (Å²) in [4.78, 5) is 3.90. The molecule has 0 bridgehead atoms. The van der Waals surface area contributed by atoms with E-state index in [4.69, 9.17) is 10.9 Å². The molecule has 0 aliphatic rings. The predicted octanol–water partition coefficient (Wildman–Crippen LogP) is 0.615. The van der Waals surface area contributed by atoms with Gasteiger partial charge in [-0.05, 0) is 18.6 Å². The van der Waals surface area contributed by atoms with Crippen molar-refractivity contribution in [2.24, 2.45) is 5.14 Å².